The van der Waals surface area contributed by atoms with E-state index in [1.165, 1.54) is 0 Å². The molecular weight excluding hydrogens is 345 g/mol. The molecule has 1 saturated heterocycles. The third kappa shape index (κ3) is 3.26. The number of hydrogen-bond donors (Lipinski definition) is 0. The van der Waals surface area contributed by atoms with Gasteiger partial charge in [-0.3, -0.25) is 4.90 Å². The predicted molar refractivity (Wildman–Crippen MR) is 82.2 cm³/mol. The van der Waals surface area contributed by atoms with E-state index in [4.69, 9.17) is 4.74 Å². The highest BCUT2D eigenvalue weighted by Gasteiger charge is 2.43. The summed E-state index contributed by atoms with van der Waals surface area (Å²) in [7, 11) is 0. The van der Waals surface area contributed by atoms with Crippen LogP contribution in [-0.4, -0.2) is 47.7 Å². The van der Waals surface area contributed by atoms with Gasteiger partial charge in [0.15, 0.2) is 11.6 Å². The summed E-state index contributed by atoms with van der Waals surface area (Å²) in [5.41, 5.74) is -2.61. The second-order valence-corrected chi connectivity index (χ2v) is 7.31. The first-order valence-corrected chi connectivity index (χ1v) is 8.03. The second-order valence-electron chi connectivity index (χ2n) is 7.31. The zero-order valence-corrected chi connectivity index (χ0v) is 14.2. The van der Waals surface area contributed by atoms with E-state index in [0.29, 0.717) is 25.8 Å². The molecule has 1 aromatic heterocycles. The Labute approximate surface area is 142 Å². The van der Waals surface area contributed by atoms with E-state index in [0.717, 1.165) is 0 Å². The topological polar surface area (TPSA) is 28.6 Å². The number of nitrogens with zero attached hydrogens (tertiary/aromatic N) is 3. The van der Waals surface area contributed by atoms with Gasteiger partial charge in [-0.1, -0.05) is 0 Å². The molecule has 0 bridgehead atoms. The minimum atomic E-state index is -4.90. The Balaban J connectivity index is 1.98. The molecule has 2 aliphatic rings. The number of hydrogen-bond acceptors (Lipinski definition) is 4. The number of anilines is 1. The lowest BCUT2D eigenvalue weighted by molar-refractivity contribution is -0.140. The molecule has 0 N–H and O–H groups in total. The SMILES string of the molecule is CC(C)(C)N1CCN2c3ncc(C(F)(F)F)c(C(F)F)c3OC[C@H]2C1. The smallest absolute Gasteiger partial charge is 0.418 e. The van der Waals surface area contributed by atoms with Gasteiger partial charge in [-0.25, -0.2) is 13.8 Å². The molecule has 1 aromatic rings. The number of rotatable bonds is 1. The summed E-state index contributed by atoms with van der Waals surface area (Å²) in [6, 6.07) is -0.129. The van der Waals surface area contributed by atoms with Gasteiger partial charge in [0, 0.05) is 31.4 Å². The number of alkyl halides is 5. The first-order valence-electron chi connectivity index (χ1n) is 8.03. The summed E-state index contributed by atoms with van der Waals surface area (Å²) in [4.78, 5) is 7.85. The molecule has 3 heterocycles. The number of halogens is 5. The van der Waals surface area contributed by atoms with E-state index in [1.54, 1.807) is 4.90 Å². The Morgan fingerprint density at radius 3 is 2.44 bits per heavy atom. The molecule has 4 nitrogen and oxygen atoms in total. The zero-order valence-electron chi connectivity index (χ0n) is 14.2. The van der Waals surface area contributed by atoms with Gasteiger partial charge in [-0.2, -0.15) is 13.2 Å². The Kier molecular flexibility index (Phi) is 4.33. The summed E-state index contributed by atoms with van der Waals surface area (Å²) in [5, 5.41) is 0. The molecule has 2 aliphatic heterocycles. The molecule has 0 spiro atoms. The van der Waals surface area contributed by atoms with Gasteiger partial charge in [0.05, 0.1) is 17.2 Å². The summed E-state index contributed by atoms with van der Waals surface area (Å²) >= 11 is 0. The molecular formula is C16H20F5N3O. The number of fused-ring (bicyclic) bond motifs is 3. The first kappa shape index (κ1) is 18.2. The molecule has 140 valence electrons. The molecule has 0 aromatic carbocycles. The lowest BCUT2D eigenvalue weighted by atomic mass is 10.0. The van der Waals surface area contributed by atoms with E-state index in [9.17, 15) is 22.0 Å². The molecule has 1 fully saturated rings. The van der Waals surface area contributed by atoms with Crippen LogP contribution < -0.4 is 9.64 Å². The van der Waals surface area contributed by atoms with E-state index < -0.39 is 29.5 Å². The monoisotopic (exact) mass is 365 g/mol. The van der Waals surface area contributed by atoms with Crippen molar-refractivity contribution in [3.63, 3.8) is 0 Å². The fourth-order valence-electron chi connectivity index (χ4n) is 3.35. The largest absolute Gasteiger partial charge is 0.487 e. The Morgan fingerprint density at radius 1 is 1.20 bits per heavy atom. The fraction of sp³-hybridized carbons (Fsp3) is 0.688. The average Bonchev–Trinajstić information content (AvgIpc) is 2.50. The summed E-state index contributed by atoms with van der Waals surface area (Å²) < 4.78 is 71.2. The van der Waals surface area contributed by atoms with Crippen molar-refractivity contribution in [3.8, 4) is 5.75 Å². The van der Waals surface area contributed by atoms with Gasteiger partial charge in [-0.05, 0) is 20.8 Å². The van der Waals surface area contributed by atoms with Crippen molar-refractivity contribution in [2.45, 2.75) is 45.0 Å². The van der Waals surface area contributed by atoms with Crippen LogP contribution in [0, 0.1) is 0 Å². The highest BCUT2D eigenvalue weighted by molar-refractivity contribution is 5.62. The number of pyridine rings is 1. The van der Waals surface area contributed by atoms with Crippen molar-refractivity contribution in [2.24, 2.45) is 0 Å². The van der Waals surface area contributed by atoms with Crippen molar-refractivity contribution in [2.75, 3.05) is 31.1 Å². The van der Waals surface area contributed by atoms with E-state index >= 15 is 0 Å². The molecule has 0 amide bonds. The van der Waals surface area contributed by atoms with Crippen LogP contribution >= 0.6 is 0 Å². The van der Waals surface area contributed by atoms with Crippen molar-refractivity contribution in [1.82, 2.24) is 9.88 Å². The van der Waals surface area contributed by atoms with E-state index in [1.807, 2.05) is 0 Å². The number of ether oxygens (including phenoxy) is 1. The minimum absolute atomic E-state index is 0.0578. The Morgan fingerprint density at radius 2 is 1.88 bits per heavy atom. The molecule has 0 radical (unpaired) electrons. The summed E-state index contributed by atoms with van der Waals surface area (Å²) in [6.07, 6.45) is -7.71. The average molecular weight is 365 g/mol. The minimum Gasteiger partial charge on any atom is -0.487 e. The van der Waals surface area contributed by atoms with Gasteiger partial charge in [0.1, 0.15) is 6.61 Å². The van der Waals surface area contributed by atoms with Crippen LogP contribution in [0.2, 0.25) is 0 Å². The third-order valence-corrected chi connectivity index (χ3v) is 4.70. The van der Waals surface area contributed by atoms with Gasteiger partial charge < -0.3 is 9.64 Å². The predicted octanol–water partition coefficient (Wildman–Crippen LogP) is 3.72. The molecule has 9 heteroatoms. The van der Waals surface area contributed by atoms with E-state index in [2.05, 4.69) is 30.7 Å². The maximum atomic E-state index is 13.4. The Bertz CT molecular complexity index is 656. The quantitative estimate of drug-likeness (QED) is 0.710. The maximum Gasteiger partial charge on any atom is 0.418 e. The highest BCUT2D eigenvalue weighted by atomic mass is 19.4. The number of piperazine rings is 1. The normalized spacial score (nSPS) is 21.8. The third-order valence-electron chi connectivity index (χ3n) is 4.70. The van der Waals surface area contributed by atoms with Crippen LogP contribution in [0.4, 0.5) is 27.8 Å². The molecule has 0 saturated carbocycles. The lowest BCUT2D eigenvalue weighted by Crippen LogP contribution is -2.61. The zero-order chi connectivity index (χ0) is 18.6. The van der Waals surface area contributed by atoms with Crippen LogP contribution in [0.25, 0.3) is 0 Å². The van der Waals surface area contributed by atoms with Gasteiger partial charge in [0.2, 0.25) is 0 Å². The molecule has 1 atom stereocenters. The van der Waals surface area contributed by atoms with Crippen molar-refractivity contribution >= 4 is 5.82 Å². The van der Waals surface area contributed by atoms with Gasteiger partial charge in [-0.15, -0.1) is 0 Å². The molecule has 0 aliphatic carbocycles. The van der Waals surface area contributed by atoms with Crippen LogP contribution in [0.5, 0.6) is 5.75 Å². The van der Waals surface area contributed by atoms with Crippen molar-refractivity contribution < 1.29 is 26.7 Å². The van der Waals surface area contributed by atoms with Crippen molar-refractivity contribution in [3.05, 3.63) is 17.3 Å². The molecule has 3 rings (SSSR count). The summed E-state index contributed by atoms with van der Waals surface area (Å²) in [6.45, 7) is 8.08. The molecule has 0 unspecified atom stereocenters. The standard InChI is InChI=1S/C16H20F5N3O/c1-15(2,3)23-4-5-24-9(7-23)8-25-12-11(13(17)18)10(16(19,20)21)6-22-14(12)24/h6,9,13H,4-5,7-8H2,1-3H3/t9-/m1/s1. The van der Waals surface area contributed by atoms with Crippen LogP contribution in [0.15, 0.2) is 6.20 Å². The van der Waals surface area contributed by atoms with Crippen molar-refractivity contribution in [1.29, 1.82) is 0 Å². The first-order chi connectivity index (χ1) is 11.5. The van der Waals surface area contributed by atoms with Crippen LogP contribution in [-0.2, 0) is 6.18 Å². The van der Waals surface area contributed by atoms with E-state index in [-0.39, 0.29) is 24.0 Å². The van der Waals surface area contributed by atoms with Crippen LogP contribution in [0.3, 0.4) is 0 Å². The van der Waals surface area contributed by atoms with Gasteiger partial charge >= 0.3 is 6.18 Å². The Hall–Kier alpha value is -1.64. The van der Waals surface area contributed by atoms with Gasteiger partial charge in [0.25, 0.3) is 6.43 Å². The lowest BCUT2D eigenvalue weighted by Gasteiger charge is -2.49. The molecule has 25 heavy (non-hydrogen) atoms. The highest BCUT2D eigenvalue weighted by Crippen LogP contribution is 2.46. The fourth-order valence-corrected chi connectivity index (χ4v) is 3.35. The maximum absolute atomic E-state index is 13.4. The number of aromatic nitrogens is 1. The van der Waals surface area contributed by atoms with Crippen LogP contribution in [0.1, 0.15) is 38.3 Å². The second kappa shape index (κ2) is 5.96. The summed E-state index contributed by atoms with van der Waals surface area (Å²) in [5.74, 6) is -0.363.